The van der Waals surface area contributed by atoms with Crippen LogP contribution in [-0.4, -0.2) is 44.7 Å². The molecule has 0 aliphatic carbocycles. The third-order valence-electron chi connectivity index (χ3n) is 4.26. The lowest BCUT2D eigenvalue weighted by atomic mass is 10.1. The van der Waals surface area contributed by atoms with E-state index in [-0.39, 0.29) is 24.7 Å². The third kappa shape index (κ3) is 6.52. The summed E-state index contributed by atoms with van der Waals surface area (Å²) in [6, 6.07) is 10.4. The molecule has 0 spiro atoms. The first kappa shape index (κ1) is 23.3. The molecule has 0 aromatic heterocycles. The van der Waals surface area contributed by atoms with Crippen LogP contribution in [0.2, 0.25) is 0 Å². The number of benzene rings is 2. The maximum atomic E-state index is 12.4. The number of thioether (sulfide) groups is 1. The van der Waals surface area contributed by atoms with Crippen LogP contribution in [0.4, 0.5) is 5.69 Å². The normalized spacial score (nSPS) is 10.3. The second-order valence-electron chi connectivity index (χ2n) is 6.37. The Hall–Kier alpha value is -3.00. The number of aryl methyl sites for hydroxylation is 1. The Morgan fingerprint density at radius 1 is 1.00 bits per heavy atom. The van der Waals surface area contributed by atoms with Crippen molar-refractivity contribution in [2.75, 3.05) is 32.4 Å². The number of nitrogens with one attached hydrogen (secondary N) is 1. The standard InChI is InChI=1S/C22H25NO6S/c1-14(24)23-17-12-16(7-9-21(17)30-4)18(25)13-29-22(26)10-6-15-5-8-19(27-2)20(11-15)28-3/h5,7-9,11-12H,6,10,13H2,1-4H3,(H,23,24). The molecule has 0 aliphatic heterocycles. The summed E-state index contributed by atoms with van der Waals surface area (Å²) in [6.07, 6.45) is 2.45. The zero-order chi connectivity index (χ0) is 22.1. The van der Waals surface area contributed by atoms with E-state index in [2.05, 4.69) is 5.32 Å². The largest absolute Gasteiger partial charge is 0.493 e. The molecule has 0 aliphatic rings. The Kier molecular flexibility index (Phi) is 8.73. The molecule has 160 valence electrons. The van der Waals surface area contributed by atoms with Crippen LogP contribution in [0.1, 0.15) is 29.3 Å². The minimum atomic E-state index is -0.471. The van der Waals surface area contributed by atoms with Gasteiger partial charge in [0.2, 0.25) is 5.91 Å². The molecule has 30 heavy (non-hydrogen) atoms. The first-order chi connectivity index (χ1) is 14.4. The van der Waals surface area contributed by atoms with Gasteiger partial charge in [-0.1, -0.05) is 12.1 Å². The summed E-state index contributed by atoms with van der Waals surface area (Å²) < 4.78 is 15.6. The van der Waals surface area contributed by atoms with Gasteiger partial charge in [0.05, 0.1) is 19.9 Å². The van der Waals surface area contributed by atoms with Crippen molar-refractivity contribution < 1.29 is 28.6 Å². The molecule has 2 aromatic rings. The lowest BCUT2D eigenvalue weighted by molar-refractivity contribution is -0.142. The predicted octanol–water partition coefficient (Wildman–Crippen LogP) is 3.74. The number of esters is 1. The van der Waals surface area contributed by atoms with Gasteiger partial charge < -0.3 is 19.5 Å². The van der Waals surface area contributed by atoms with Crippen molar-refractivity contribution in [1.82, 2.24) is 0 Å². The van der Waals surface area contributed by atoms with Gasteiger partial charge in [-0.15, -0.1) is 11.8 Å². The lowest BCUT2D eigenvalue weighted by Gasteiger charge is -2.11. The summed E-state index contributed by atoms with van der Waals surface area (Å²) in [5.74, 6) is 0.161. The summed E-state index contributed by atoms with van der Waals surface area (Å²) in [5.41, 5.74) is 1.81. The van der Waals surface area contributed by atoms with Crippen molar-refractivity contribution in [2.45, 2.75) is 24.7 Å². The van der Waals surface area contributed by atoms with Gasteiger partial charge in [0.15, 0.2) is 23.9 Å². The molecule has 0 fully saturated rings. The van der Waals surface area contributed by atoms with E-state index in [4.69, 9.17) is 14.2 Å². The highest BCUT2D eigenvalue weighted by Crippen LogP contribution is 2.28. The van der Waals surface area contributed by atoms with E-state index in [1.54, 1.807) is 44.6 Å². The molecule has 7 nitrogen and oxygen atoms in total. The number of amides is 1. The molecular weight excluding hydrogens is 406 g/mol. The second-order valence-corrected chi connectivity index (χ2v) is 7.22. The SMILES string of the molecule is COc1ccc(CCC(=O)OCC(=O)c2ccc(SC)c(NC(C)=O)c2)cc1OC. The fourth-order valence-electron chi connectivity index (χ4n) is 2.75. The van der Waals surface area contributed by atoms with Gasteiger partial charge in [0, 0.05) is 23.8 Å². The van der Waals surface area contributed by atoms with Gasteiger partial charge in [-0.3, -0.25) is 14.4 Å². The molecule has 0 heterocycles. The fourth-order valence-corrected chi connectivity index (χ4v) is 3.29. The average molecular weight is 432 g/mol. The smallest absolute Gasteiger partial charge is 0.306 e. The Morgan fingerprint density at radius 2 is 1.73 bits per heavy atom. The topological polar surface area (TPSA) is 90.9 Å². The first-order valence-corrected chi connectivity index (χ1v) is 10.5. The van der Waals surface area contributed by atoms with Crippen LogP contribution in [0, 0.1) is 0 Å². The van der Waals surface area contributed by atoms with Gasteiger partial charge in [-0.2, -0.15) is 0 Å². The van der Waals surface area contributed by atoms with Crippen molar-refractivity contribution in [2.24, 2.45) is 0 Å². The van der Waals surface area contributed by atoms with E-state index in [0.717, 1.165) is 10.5 Å². The number of hydrogen-bond acceptors (Lipinski definition) is 7. The lowest BCUT2D eigenvalue weighted by Crippen LogP contribution is -2.15. The Balaban J connectivity index is 1.91. The van der Waals surface area contributed by atoms with E-state index in [0.29, 0.717) is 29.2 Å². The molecule has 0 radical (unpaired) electrons. The number of methoxy groups -OCH3 is 2. The number of carbonyl (C=O) groups is 3. The van der Waals surface area contributed by atoms with Gasteiger partial charge in [-0.05, 0) is 42.5 Å². The summed E-state index contributed by atoms with van der Waals surface area (Å²) >= 11 is 1.46. The van der Waals surface area contributed by atoms with Crippen LogP contribution in [0.25, 0.3) is 0 Å². The average Bonchev–Trinajstić information content (AvgIpc) is 2.75. The van der Waals surface area contributed by atoms with Gasteiger partial charge in [-0.25, -0.2) is 0 Å². The predicted molar refractivity (Wildman–Crippen MR) is 116 cm³/mol. The number of rotatable bonds is 10. The third-order valence-corrected chi connectivity index (χ3v) is 5.06. The van der Waals surface area contributed by atoms with Gasteiger partial charge >= 0.3 is 5.97 Å². The van der Waals surface area contributed by atoms with Crippen LogP contribution in [0.15, 0.2) is 41.3 Å². The number of hydrogen-bond donors (Lipinski definition) is 1. The van der Waals surface area contributed by atoms with Crippen molar-refractivity contribution in [1.29, 1.82) is 0 Å². The molecule has 0 saturated carbocycles. The summed E-state index contributed by atoms with van der Waals surface area (Å²) in [6.45, 7) is 1.04. The highest BCUT2D eigenvalue weighted by molar-refractivity contribution is 7.98. The van der Waals surface area contributed by atoms with Crippen LogP contribution in [0.3, 0.4) is 0 Å². The number of ether oxygens (including phenoxy) is 3. The molecule has 0 bridgehead atoms. The highest BCUT2D eigenvalue weighted by atomic mass is 32.2. The molecule has 0 saturated heterocycles. The molecule has 1 N–H and O–H groups in total. The Morgan fingerprint density at radius 3 is 2.37 bits per heavy atom. The first-order valence-electron chi connectivity index (χ1n) is 9.23. The maximum Gasteiger partial charge on any atom is 0.306 e. The van der Waals surface area contributed by atoms with Crippen molar-refractivity contribution >= 4 is 35.1 Å². The van der Waals surface area contributed by atoms with E-state index in [9.17, 15) is 14.4 Å². The van der Waals surface area contributed by atoms with Gasteiger partial charge in [0.1, 0.15) is 0 Å². The quantitative estimate of drug-likeness (QED) is 0.348. The minimum absolute atomic E-state index is 0.130. The minimum Gasteiger partial charge on any atom is -0.493 e. The van der Waals surface area contributed by atoms with E-state index >= 15 is 0 Å². The number of Topliss-reactive ketones (excluding diaryl/α,β-unsaturated/α-hetero) is 1. The summed E-state index contributed by atoms with van der Waals surface area (Å²) in [5, 5.41) is 2.70. The Bertz CT molecular complexity index is 928. The van der Waals surface area contributed by atoms with E-state index in [1.807, 2.05) is 12.3 Å². The van der Waals surface area contributed by atoms with Gasteiger partial charge in [0.25, 0.3) is 0 Å². The van der Waals surface area contributed by atoms with Crippen molar-refractivity contribution in [3.8, 4) is 11.5 Å². The fraction of sp³-hybridized carbons (Fsp3) is 0.318. The molecule has 2 rings (SSSR count). The molecule has 2 aromatic carbocycles. The van der Waals surface area contributed by atoms with Crippen LogP contribution in [-0.2, 0) is 20.7 Å². The molecule has 1 amide bonds. The zero-order valence-electron chi connectivity index (χ0n) is 17.4. The number of ketones is 1. The molecule has 8 heteroatoms. The van der Waals surface area contributed by atoms with Crippen LogP contribution < -0.4 is 14.8 Å². The van der Waals surface area contributed by atoms with E-state index in [1.165, 1.54) is 18.7 Å². The number of anilines is 1. The number of carbonyl (C=O) groups excluding carboxylic acids is 3. The second kappa shape index (κ2) is 11.3. The molecule has 0 atom stereocenters. The van der Waals surface area contributed by atoms with Crippen LogP contribution in [0.5, 0.6) is 11.5 Å². The van der Waals surface area contributed by atoms with E-state index < -0.39 is 5.97 Å². The molecular formula is C22H25NO6S. The summed E-state index contributed by atoms with van der Waals surface area (Å²) in [4.78, 5) is 36.6. The maximum absolute atomic E-state index is 12.4. The zero-order valence-corrected chi connectivity index (χ0v) is 18.3. The summed E-state index contributed by atoms with van der Waals surface area (Å²) in [7, 11) is 3.10. The molecule has 0 unspecified atom stereocenters. The Labute approximate surface area is 180 Å². The van der Waals surface area contributed by atoms with Crippen molar-refractivity contribution in [3.05, 3.63) is 47.5 Å². The highest BCUT2D eigenvalue weighted by Gasteiger charge is 2.14. The monoisotopic (exact) mass is 431 g/mol. The van der Waals surface area contributed by atoms with Crippen LogP contribution >= 0.6 is 11.8 Å². The van der Waals surface area contributed by atoms with Crippen molar-refractivity contribution in [3.63, 3.8) is 0 Å².